The Bertz CT molecular complexity index is 2760. The number of hydrogen-bond donors (Lipinski definition) is 2. The quantitative estimate of drug-likeness (QED) is 0.127. The molecular formula is C39H24N6Na2O7S. The number of carboxylic acids is 1. The molecule has 2 N–H and O–H groups in total. The van der Waals surface area contributed by atoms with E-state index >= 15 is 0 Å². The molecule has 0 saturated heterocycles. The van der Waals surface area contributed by atoms with Gasteiger partial charge in [0, 0.05) is 27.1 Å². The van der Waals surface area contributed by atoms with Crippen LogP contribution in [0, 0.1) is 0 Å². The number of hydrogen-bond acceptors (Lipinski definition) is 13. The monoisotopic (exact) mass is 766 g/mol. The van der Waals surface area contributed by atoms with Crippen molar-refractivity contribution in [1.29, 1.82) is 0 Å². The maximum Gasteiger partial charge on any atom is 1.00 e. The van der Waals surface area contributed by atoms with Crippen molar-refractivity contribution in [1.82, 2.24) is 0 Å². The Morgan fingerprint density at radius 1 is 0.509 bits per heavy atom. The van der Waals surface area contributed by atoms with Crippen LogP contribution in [0.5, 0.6) is 11.5 Å². The fourth-order valence-corrected chi connectivity index (χ4v) is 6.27. The summed E-state index contributed by atoms with van der Waals surface area (Å²) in [4.78, 5) is 10.6. The molecule has 260 valence electrons. The van der Waals surface area contributed by atoms with Gasteiger partial charge in [-0.1, -0.05) is 72.8 Å². The zero-order chi connectivity index (χ0) is 37.1. The number of fused-ring (bicyclic) bond motifs is 2. The van der Waals surface area contributed by atoms with E-state index in [1.54, 1.807) is 36.4 Å². The van der Waals surface area contributed by atoms with Crippen molar-refractivity contribution in [2.24, 2.45) is 30.7 Å². The van der Waals surface area contributed by atoms with Crippen LogP contribution in [-0.4, -0.2) is 29.2 Å². The van der Waals surface area contributed by atoms with E-state index in [1.807, 2.05) is 60.7 Å². The van der Waals surface area contributed by atoms with E-state index in [0.29, 0.717) is 28.1 Å². The zero-order valence-corrected chi connectivity index (χ0v) is 34.0. The van der Waals surface area contributed by atoms with Gasteiger partial charge in [-0.15, -0.1) is 15.3 Å². The van der Waals surface area contributed by atoms with Gasteiger partial charge in [0.15, 0.2) is 5.75 Å². The average molecular weight is 767 g/mol. The minimum absolute atomic E-state index is 0. The fraction of sp³-hybridized carbons (Fsp3) is 0. The second-order valence-corrected chi connectivity index (χ2v) is 12.9. The van der Waals surface area contributed by atoms with Crippen LogP contribution >= 0.6 is 0 Å². The summed E-state index contributed by atoms with van der Waals surface area (Å²) in [5, 5.41) is 58.7. The van der Waals surface area contributed by atoms with Gasteiger partial charge in [0.1, 0.15) is 21.6 Å². The Kier molecular flexibility index (Phi) is 13.1. The molecule has 0 aliphatic heterocycles. The molecule has 55 heavy (non-hydrogen) atoms. The van der Waals surface area contributed by atoms with Gasteiger partial charge in [-0.3, -0.25) is 0 Å². The molecule has 7 aromatic carbocycles. The number of aromatic carboxylic acids is 1. The summed E-state index contributed by atoms with van der Waals surface area (Å²) in [6.45, 7) is 0. The predicted octanol–water partition coefficient (Wildman–Crippen LogP) is 3.59. The number of azo groups is 3. The van der Waals surface area contributed by atoms with Gasteiger partial charge >= 0.3 is 59.1 Å². The number of aromatic hydroxyl groups is 2. The van der Waals surface area contributed by atoms with Gasteiger partial charge in [0.05, 0.1) is 39.3 Å². The van der Waals surface area contributed by atoms with Gasteiger partial charge in [0.25, 0.3) is 0 Å². The Morgan fingerprint density at radius 3 is 1.47 bits per heavy atom. The molecule has 0 atom stereocenters. The third-order valence-corrected chi connectivity index (χ3v) is 9.07. The van der Waals surface area contributed by atoms with Gasteiger partial charge in [-0.05, 0) is 71.8 Å². The molecule has 0 saturated carbocycles. The first kappa shape index (κ1) is 41.0. The first-order chi connectivity index (χ1) is 25.5. The van der Waals surface area contributed by atoms with Crippen LogP contribution in [0.3, 0.4) is 0 Å². The van der Waals surface area contributed by atoms with E-state index in [2.05, 4.69) is 30.7 Å². The van der Waals surface area contributed by atoms with Gasteiger partial charge in [0.2, 0.25) is 0 Å². The van der Waals surface area contributed by atoms with Crippen molar-refractivity contribution >= 4 is 71.8 Å². The van der Waals surface area contributed by atoms with Crippen LogP contribution in [0.4, 0.5) is 34.1 Å². The van der Waals surface area contributed by atoms with E-state index in [9.17, 15) is 33.1 Å². The fourth-order valence-electron chi connectivity index (χ4n) is 5.56. The summed E-state index contributed by atoms with van der Waals surface area (Å²) in [6, 6.07) is 36.4. The van der Waals surface area contributed by atoms with E-state index in [-0.39, 0.29) is 92.6 Å². The van der Waals surface area contributed by atoms with Crippen LogP contribution in [0.1, 0.15) is 10.4 Å². The molecule has 0 aliphatic rings. The largest absolute Gasteiger partial charge is 1.00 e. The summed E-state index contributed by atoms with van der Waals surface area (Å²) >= 11 is 0. The molecule has 0 heterocycles. The van der Waals surface area contributed by atoms with Crippen molar-refractivity contribution in [3.05, 3.63) is 139 Å². The van der Waals surface area contributed by atoms with Crippen molar-refractivity contribution in [3.63, 3.8) is 0 Å². The molecular weight excluding hydrogens is 743 g/mol. The van der Waals surface area contributed by atoms with Crippen molar-refractivity contribution in [2.45, 2.75) is 4.90 Å². The number of carbonyl (C=O) groups is 1. The van der Waals surface area contributed by atoms with Crippen LogP contribution in [0.2, 0.25) is 0 Å². The summed E-state index contributed by atoms with van der Waals surface area (Å²) in [6.07, 6.45) is 0. The average Bonchev–Trinajstić information content (AvgIpc) is 3.16. The van der Waals surface area contributed by atoms with Crippen LogP contribution in [-0.2, 0) is 10.1 Å². The third-order valence-electron chi connectivity index (χ3n) is 8.19. The van der Waals surface area contributed by atoms with Gasteiger partial charge < -0.3 is 24.7 Å². The molecule has 0 fully saturated rings. The number of phenols is 2. The van der Waals surface area contributed by atoms with E-state index < -0.39 is 26.7 Å². The second-order valence-electron chi connectivity index (χ2n) is 11.6. The number of nitrogens with zero attached hydrogens (tertiary/aromatic N) is 6. The van der Waals surface area contributed by atoms with Crippen LogP contribution in [0.15, 0.2) is 169 Å². The molecule has 7 aromatic rings. The third kappa shape index (κ3) is 9.21. The summed E-state index contributed by atoms with van der Waals surface area (Å²) in [7, 11) is -4.87. The predicted molar refractivity (Wildman–Crippen MR) is 194 cm³/mol. The summed E-state index contributed by atoms with van der Waals surface area (Å²) in [5.74, 6) is -2.23. The molecule has 0 amide bonds. The standard InChI is InChI=1S/C39H26N6O7S.2Na/c46-36-20-17-27(21-32(36)39(48)49)42-40-25-13-9-23(10-14-25)24-11-15-26(16-12-24)41-43-33-18-19-34(29-6-2-1-5-28(29)33)44-45-35-22-37(53(50,51)52)30-7-3-4-8-31(30)38(35)47;;/h1-22,46-47H,(H,48,49)(H,50,51,52);;/q;2*+1/p-2. The Hall–Kier alpha value is -5.16. The molecule has 0 unspecified atom stereocenters. The Labute approximate surface area is 358 Å². The van der Waals surface area contributed by atoms with E-state index in [1.165, 1.54) is 30.3 Å². The van der Waals surface area contributed by atoms with Crippen molar-refractivity contribution in [3.8, 4) is 22.6 Å². The second kappa shape index (κ2) is 17.5. The molecule has 0 aliphatic carbocycles. The minimum atomic E-state index is -4.87. The number of benzene rings is 7. The van der Waals surface area contributed by atoms with Gasteiger partial charge in [-0.25, -0.2) is 8.42 Å². The maximum atomic E-state index is 12.0. The maximum absolute atomic E-state index is 12.0. The topological polar surface area (TPSA) is 212 Å². The first-order valence-corrected chi connectivity index (χ1v) is 17.2. The molecule has 0 aromatic heterocycles. The summed E-state index contributed by atoms with van der Waals surface area (Å²) < 4.78 is 36.0. The smallest absolute Gasteiger partial charge is 0.744 e. The molecule has 0 radical (unpaired) electrons. The molecule has 13 nitrogen and oxygen atoms in total. The van der Waals surface area contributed by atoms with E-state index in [0.717, 1.165) is 22.6 Å². The number of carboxylic acid groups (broad SMARTS) is 1. The van der Waals surface area contributed by atoms with Gasteiger partial charge in [-0.2, -0.15) is 15.3 Å². The van der Waals surface area contributed by atoms with Crippen LogP contribution < -0.4 is 64.2 Å². The normalized spacial score (nSPS) is 11.7. The zero-order valence-electron chi connectivity index (χ0n) is 29.2. The number of phenolic OH excluding ortho intramolecular Hbond substituents is 1. The molecule has 16 heteroatoms. The van der Waals surface area contributed by atoms with Crippen molar-refractivity contribution in [2.75, 3.05) is 0 Å². The minimum Gasteiger partial charge on any atom is -0.744 e. The molecule has 0 bridgehead atoms. The Balaban J connectivity index is 0.00000290. The van der Waals surface area contributed by atoms with E-state index in [4.69, 9.17) is 0 Å². The van der Waals surface area contributed by atoms with Crippen LogP contribution in [0.25, 0.3) is 32.7 Å². The number of rotatable bonds is 9. The molecule has 7 rings (SSSR count). The molecule has 0 spiro atoms. The van der Waals surface area contributed by atoms with Crippen molar-refractivity contribution < 1.29 is 92.2 Å². The SMILES string of the molecule is O=C([O-])c1cc(N=Nc2ccc(-c3ccc(N=Nc4ccc(N=Nc5cc(S(=O)(=O)[O-])c6ccccc6c5O)c5ccccc45)cc3)cc2)ccc1O.[Na+].[Na+]. The number of carbonyl (C=O) groups excluding carboxylic acids is 1. The first-order valence-electron chi connectivity index (χ1n) is 15.8. The Morgan fingerprint density at radius 2 is 0.945 bits per heavy atom. The summed E-state index contributed by atoms with van der Waals surface area (Å²) in [5.41, 5.74) is 3.66.